The van der Waals surface area contributed by atoms with E-state index in [2.05, 4.69) is 9.97 Å². The maximum absolute atomic E-state index is 12.7. The highest BCUT2D eigenvalue weighted by atomic mass is 16.2. The van der Waals surface area contributed by atoms with Gasteiger partial charge in [0.25, 0.3) is 11.5 Å². The van der Waals surface area contributed by atoms with Crippen LogP contribution in [0.2, 0.25) is 0 Å². The molecule has 5 nitrogen and oxygen atoms in total. The van der Waals surface area contributed by atoms with Crippen LogP contribution in [0.25, 0.3) is 11.1 Å². The van der Waals surface area contributed by atoms with Crippen molar-refractivity contribution in [2.45, 2.75) is 6.42 Å². The number of pyridine rings is 2. The third-order valence-electron chi connectivity index (χ3n) is 4.07. The molecule has 0 radical (unpaired) electrons. The molecule has 0 spiro atoms. The molecular weight excluding hydrogens is 314 g/mol. The van der Waals surface area contributed by atoms with Gasteiger partial charge in [0.15, 0.2) is 0 Å². The summed E-state index contributed by atoms with van der Waals surface area (Å²) in [4.78, 5) is 33.0. The average Bonchev–Trinajstić information content (AvgIpc) is 2.67. The van der Waals surface area contributed by atoms with E-state index in [9.17, 15) is 9.59 Å². The molecule has 0 aliphatic carbocycles. The Kier molecular flexibility index (Phi) is 5.04. The van der Waals surface area contributed by atoms with Crippen LogP contribution in [-0.2, 0) is 6.42 Å². The van der Waals surface area contributed by atoms with Gasteiger partial charge in [0, 0.05) is 37.7 Å². The minimum atomic E-state index is -0.206. The third-order valence-corrected chi connectivity index (χ3v) is 4.07. The highest BCUT2D eigenvalue weighted by molar-refractivity contribution is 5.94. The molecule has 0 bridgehead atoms. The minimum Gasteiger partial charge on any atom is -0.341 e. The number of hydrogen-bond donors (Lipinski definition) is 1. The van der Waals surface area contributed by atoms with Crippen LogP contribution >= 0.6 is 0 Å². The molecule has 2 aromatic heterocycles. The van der Waals surface area contributed by atoms with Crippen molar-refractivity contribution in [2.75, 3.05) is 13.6 Å². The number of aromatic amines is 1. The largest absolute Gasteiger partial charge is 0.341 e. The lowest BCUT2D eigenvalue weighted by atomic mass is 10.1. The van der Waals surface area contributed by atoms with E-state index < -0.39 is 0 Å². The first kappa shape index (κ1) is 16.6. The summed E-state index contributed by atoms with van der Waals surface area (Å²) in [6.45, 7) is 0.586. The molecule has 1 amide bonds. The Morgan fingerprint density at radius 3 is 2.56 bits per heavy atom. The van der Waals surface area contributed by atoms with Gasteiger partial charge in [0.05, 0.1) is 5.56 Å². The summed E-state index contributed by atoms with van der Waals surface area (Å²) in [6, 6.07) is 14.9. The van der Waals surface area contributed by atoms with Crippen LogP contribution in [0.3, 0.4) is 0 Å². The van der Waals surface area contributed by atoms with Gasteiger partial charge in [-0.05, 0) is 35.7 Å². The van der Waals surface area contributed by atoms with Crippen LogP contribution < -0.4 is 5.56 Å². The first-order valence-electron chi connectivity index (χ1n) is 8.07. The average molecular weight is 333 g/mol. The highest BCUT2D eigenvalue weighted by Gasteiger charge is 2.14. The quantitative estimate of drug-likeness (QED) is 0.781. The van der Waals surface area contributed by atoms with E-state index in [0.29, 0.717) is 17.7 Å². The molecule has 0 aliphatic rings. The molecule has 0 fully saturated rings. The fourth-order valence-electron chi connectivity index (χ4n) is 2.61. The molecule has 5 heteroatoms. The second-order valence-corrected chi connectivity index (χ2v) is 5.83. The van der Waals surface area contributed by atoms with Crippen molar-refractivity contribution in [2.24, 2.45) is 0 Å². The van der Waals surface area contributed by atoms with E-state index in [1.807, 2.05) is 42.5 Å². The highest BCUT2D eigenvalue weighted by Crippen LogP contribution is 2.16. The number of aromatic nitrogens is 2. The summed E-state index contributed by atoms with van der Waals surface area (Å²) in [5.41, 5.74) is 2.67. The monoisotopic (exact) mass is 333 g/mol. The number of hydrogen-bond acceptors (Lipinski definition) is 3. The van der Waals surface area contributed by atoms with E-state index in [0.717, 1.165) is 17.5 Å². The lowest BCUT2D eigenvalue weighted by Crippen LogP contribution is -2.29. The number of benzene rings is 1. The van der Waals surface area contributed by atoms with Gasteiger partial charge in [-0.1, -0.05) is 30.3 Å². The SMILES string of the molecule is CN(CCc1ccncc1)C(=O)c1c[nH]c(=O)c(-c2ccccc2)c1. The van der Waals surface area contributed by atoms with Crippen molar-refractivity contribution in [3.8, 4) is 11.1 Å². The predicted octanol–water partition coefficient (Wildman–Crippen LogP) is 2.75. The van der Waals surface area contributed by atoms with Crippen molar-refractivity contribution in [3.05, 3.63) is 88.6 Å². The zero-order chi connectivity index (χ0) is 17.6. The van der Waals surface area contributed by atoms with Crippen LogP contribution in [0.15, 0.2) is 71.9 Å². The van der Waals surface area contributed by atoms with Gasteiger partial charge in [0.1, 0.15) is 0 Å². The fraction of sp³-hybridized carbons (Fsp3) is 0.150. The molecule has 25 heavy (non-hydrogen) atoms. The van der Waals surface area contributed by atoms with Crippen molar-refractivity contribution >= 4 is 5.91 Å². The zero-order valence-electron chi connectivity index (χ0n) is 14.0. The van der Waals surface area contributed by atoms with E-state index in [-0.39, 0.29) is 11.5 Å². The van der Waals surface area contributed by atoms with E-state index in [1.165, 1.54) is 6.20 Å². The smallest absolute Gasteiger partial charge is 0.255 e. The molecule has 3 rings (SSSR count). The number of rotatable bonds is 5. The lowest BCUT2D eigenvalue weighted by Gasteiger charge is -2.17. The Hall–Kier alpha value is -3.21. The number of amides is 1. The molecule has 0 saturated carbocycles. The number of carbonyl (C=O) groups excluding carboxylic acids is 1. The first-order valence-corrected chi connectivity index (χ1v) is 8.07. The number of likely N-dealkylation sites (N-methyl/N-ethyl adjacent to an activating group) is 1. The van der Waals surface area contributed by atoms with Gasteiger partial charge in [0.2, 0.25) is 0 Å². The molecule has 3 aromatic rings. The van der Waals surface area contributed by atoms with Crippen molar-refractivity contribution in [1.29, 1.82) is 0 Å². The van der Waals surface area contributed by atoms with Gasteiger partial charge in [-0.15, -0.1) is 0 Å². The summed E-state index contributed by atoms with van der Waals surface area (Å²) in [5, 5.41) is 0. The lowest BCUT2D eigenvalue weighted by molar-refractivity contribution is 0.0796. The Labute approximate surface area is 146 Å². The molecule has 0 aliphatic heterocycles. The molecule has 2 heterocycles. The summed E-state index contributed by atoms with van der Waals surface area (Å²) in [5.74, 6) is -0.123. The van der Waals surface area contributed by atoms with Crippen molar-refractivity contribution in [3.63, 3.8) is 0 Å². The van der Waals surface area contributed by atoms with E-state index in [1.54, 1.807) is 30.4 Å². The summed E-state index contributed by atoms with van der Waals surface area (Å²) in [7, 11) is 1.76. The molecule has 126 valence electrons. The Bertz CT molecular complexity index is 905. The van der Waals surface area contributed by atoms with Crippen LogP contribution in [0.1, 0.15) is 15.9 Å². The molecule has 1 N–H and O–H groups in total. The van der Waals surface area contributed by atoms with Gasteiger partial charge in [-0.2, -0.15) is 0 Å². The number of nitrogens with one attached hydrogen (secondary N) is 1. The van der Waals surface area contributed by atoms with Gasteiger partial charge < -0.3 is 9.88 Å². The van der Waals surface area contributed by atoms with Crippen LogP contribution in [0.4, 0.5) is 0 Å². The molecule has 0 unspecified atom stereocenters. The summed E-state index contributed by atoms with van der Waals surface area (Å²) >= 11 is 0. The van der Waals surface area contributed by atoms with Crippen LogP contribution in [0.5, 0.6) is 0 Å². The summed E-state index contributed by atoms with van der Waals surface area (Å²) in [6.07, 6.45) is 5.70. The summed E-state index contributed by atoms with van der Waals surface area (Å²) < 4.78 is 0. The second-order valence-electron chi connectivity index (χ2n) is 5.83. The second kappa shape index (κ2) is 7.57. The van der Waals surface area contributed by atoms with Crippen LogP contribution in [-0.4, -0.2) is 34.4 Å². The predicted molar refractivity (Wildman–Crippen MR) is 97.4 cm³/mol. The van der Waals surface area contributed by atoms with Crippen molar-refractivity contribution in [1.82, 2.24) is 14.9 Å². The van der Waals surface area contributed by atoms with Crippen LogP contribution in [0, 0.1) is 0 Å². The Morgan fingerprint density at radius 2 is 1.84 bits per heavy atom. The topological polar surface area (TPSA) is 66.1 Å². The molecule has 0 atom stereocenters. The Balaban J connectivity index is 1.77. The van der Waals surface area contributed by atoms with Crippen molar-refractivity contribution < 1.29 is 4.79 Å². The van der Waals surface area contributed by atoms with Gasteiger partial charge in [-0.25, -0.2) is 0 Å². The molecule has 1 aromatic carbocycles. The van der Waals surface area contributed by atoms with Gasteiger partial charge in [-0.3, -0.25) is 14.6 Å². The number of H-pyrrole nitrogens is 1. The standard InChI is InChI=1S/C20H19N3O2/c1-23(12-9-15-7-10-21-11-8-15)20(25)17-13-18(19(24)22-14-17)16-5-3-2-4-6-16/h2-8,10-11,13-14H,9,12H2,1H3,(H,22,24). The Morgan fingerprint density at radius 1 is 1.12 bits per heavy atom. The van der Waals surface area contributed by atoms with E-state index in [4.69, 9.17) is 0 Å². The normalized spacial score (nSPS) is 10.4. The van der Waals surface area contributed by atoms with Gasteiger partial charge >= 0.3 is 0 Å². The fourth-order valence-corrected chi connectivity index (χ4v) is 2.61. The molecular formula is C20H19N3O2. The minimum absolute atomic E-state index is 0.123. The number of carbonyl (C=O) groups is 1. The molecule has 0 saturated heterocycles. The maximum atomic E-state index is 12.7. The third kappa shape index (κ3) is 4.01. The zero-order valence-corrected chi connectivity index (χ0v) is 14.0. The van der Waals surface area contributed by atoms with E-state index >= 15 is 0 Å². The maximum Gasteiger partial charge on any atom is 0.255 e. The number of nitrogens with zero attached hydrogens (tertiary/aromatic N) is 2. The first-order chi connectivity index (χ1) is 12.1.